The third kappa shape index (κ3) is 3.72. The molecule has 19 heavy (non-hydrogen) atoms. The Balaban J connectivity index is 2.00. The van der Waals surface area contributed by atoms with Crippen LogP contribution in [0.15, 0.2) is 6.07 Å². The predicted octanol–water partition coefficient (Wildman–Crippen LogP) is 4.75. The smallest absolute Gasteiger partial charge is 0.179 e. The highest BCUT2D eigenvalue weighted by Crippen LogP contribution is 2.32. The molecule has 0 amide bonds. The lowest BCUT2D eigenvalue weighted by Crippen LogP contribution is -2.41. The number of Topliss-reactive ketones (excluding diaryl/α,β-unsaturated/α-hetero) is 1. The van der Waals surface area contributed by atoms with Gasteiger partial charge in [0.25, 0.3) is 0 Å². The number of halogens is 2. The van der Waals surface area contributed by atoms with Crippen LogP contribution in [0.2, 0.25) is 8.67 Å². The van der Waals surface area contributed by atoms with Crippen molar-refractivity contribution in [3.63, 3.8) is 0 Å². The molecular formula is C14H19Cl2NOS. The van der Waals surface area contributed by atoms with E-state index in [0.29, 0.717) is 32.7 Å². The average molecular weight is 320 g/mol. The molecular weight excluding hydrogens is 301 g/mol. The Bertz CT molecular complexity index is 460. The Morgan fingerprint density at radius 2 is 2.11 bits per heavy atom. The van der Waals surface area contributed by atoms with Gasteiger partial charge in [-0.3, -0.25) is 9.69 Å². The van der Waals surface area contributed by atoms with Crippen molar-refractivity contribution < 1.29 is 4.79 Å². The van der Waals surface area contributed by atoms with Crippen molar-refractivity contribution in [1.82, 2.24) is 4.90 Å². The van der Waals surface area contributed by atoms with E-state index in [1.807, 2.05) is 7.05 Å². The van der Waals surface area contributed by atoms with Crippen LogP contribution in [0.5, 0.6) is 0 Å². The summed E-state index contributed by atoms with van der Waals surface area (Å²) in [5.74, 6) is 0.724. The van der Waals surface area contributed by atoms with Crippen LogP contribution in [-0.4, -0.2) is 30.3 Å². The molecule has 106 valence electrons. The number of hydrogen-bond donors (Lipinski definition) is 0. The summed E-state index contributed by atoms with van der Waals surface area (Å²) in [4.78, 5) is 14.4. The van der Waals surface area contributed by atoms with E-state index in [4.69, 9.17) is 23.2 Å². The first kappa shape index (κ1) is 15.3. The van der Waals surface area contributed by atoms with Crippen LogP contribution in [0.4, 0.5) is 0 Å². The van der Waals surface area contributed by atoms with Crippen molar-refractivity contribution >= 4 is 40.3 Å². The number of hydrogen-bond acceptors (Lipinski definition) is 3. The van der Waals surface area contributed by atoms with Gasteiger partial charge in [-0.2, -0.15) is 0 Å². The summed E-state index contributed by atoms with van der Waals surface area (Å²) < 4.78 is 1.07. The molecule has 5 heteroatoms. The number of nitrogens with zero attached hydrogens (tertiary/aromatic N) is 1. The maximum Gasteiger partial charge on any atom is 0.179 e. The molecule has 0 radical (unpaired) electrons. The molecule has 0 saturated heterocycles. The number of rotatable bonds is 4. The molecule has 1 heterocycles. The van der Waals surface area contributed by atoms with E-state index >= 15 is 0 Å². The fraction of sp³-hybridized carbons (Fsp3) is 0.643. The zero-order chi connectivity index (χ0) is 14.0. The number of thiophene rings is 1. The Morgan fingerprint density at radius 3 is 2.68 bits per heavy atom. The minimum absolute atomic E-state index is 0.0634. The standard InChI is InChI=1S/C14H19Cl2NOS/c1-9-5-3-4-6-11(9)17(2)8-12(18)10-7-13(15)19-14(10)16/h7,9,11H,3-6,8H2,1-2H3. The van der Waals surface area contributed by atoms with Gasteiger partial charge in [0.05, 0.1) is 16.4 Å². The van der Waals surface area contributed by atoms with E-state index < -0.39 is 0 Å². The van der Waals surface area contributed by atoms with Crippen LogP contribution < -0.4 is 0 Å². The quantitative estimate of drug-likeness (QED) is 0.746. The summed E-state index contributed by atoms with van der Waals surface area (Å²) in [6.45, 7) is 2.70. The molecule has 0 N–H and O–H groups in total. The first-order valence-electron chi connectivity index (χ1n) is 6.67. The van der Waals surface area contributed by atoms with Gasteiger partial charge in [0.2, 0.25) is 0 Å². The number of carbonyl (C=O) groups is 1. The lowest BCUT2D eigenvalue weighted by atomic mass is 9.85. The first-order valence-corrected chi connectivity index (χ1v) is 8.24. The molecule has 1 saturated carbocycles. The van der Waals surface area contributed by atoms with Crippen molar-refractivity contribution in [1.29, 1.82) is 0 Å². The Labute approximate surface area is 128 Å². The highest BCUT2D eigenvalue weighted by atomic mass is 35.5. The Morgan fingerprint density at radius 1 is 1.42 bits per heavy atom. The topological polar surface area (TPSA) is 20.3 Å². The highest BCUT2D eigenvalue weighted by molar-refractivity contribution is 7.20. The molecule has 1 fully saturated rings. The molecule has 1 aromatic rings. The number of carbonyl (C=O) groups excluding carboxylic acids is 1. The van der Waals surface area contributed by atoms with Gasteiger partial charge in [-0.05, 0) is 31.9 Å². The lowest BCUT2D eigenvalue weighted by molar-refractivity contribution is 0.0852. The van der Waals surface area contributed by atoms with Crippen LogP contribution in [0.25, 0.3) is 0 Å². The third-order valence-electron chi connectivity index (χ3n) is 3.98. The van der Waals surface area contributed by atoms with Gasteiger partial charge in [0.15, 0.2) is 5.78 Å². The molecule has 1 aliphatic carbocycles. The van der Waals surface area contributed by atoms with Crippen LogP contribution in [0.3, 0.4) is 0 Å². The van der Waals surface area contributed by atoms with E-state index in [2.05, 4.69) is 11.8 Å². The van der Waals surface area contributed by atoms with Gasteiger partial charge in [-0.1, -0.05) is 43.0 Å². The van der Waals surface area contributed by atoms with Gasteiger partial charge in [-0.15, -0.1) is 11.3 Å². The predicted molar refractivity (Wildman–Crippen MR) is 82.7 cm³/mol. The lowest BCUT2D eigenvalue weighted by Gasteiger charge is -2.35. The molecule has 2 unspecified atom stereocenters. The fourth-order valence-electron chi connectivity index (χ4n) is 2.91. The number of ketones is 1. The molecule has 0 bridgehead atoms. The number of likely N-dealkylation sites (N-methyl/N-ethyl adjacent to an activating group) is 1. The van der Waals surface area contributed by atoms with Crippen molar-refractivity contribution in [3.05, 3.63) is 20.3 Å². The van der Waals surface area contributed by atoms with E-state index in [0.717, 1.165) is 0 Å². The fourth-order valence-corrected chi connectivity index (χ4v) is 4.41. The van der Waals surface area contributed by atoms with Crippen LogP contribution in [0, 0.1) is 5.92 Å². The summed E-state index contributed by atoms with van der Waals surface area (Å²) in [6.07, 6.45) is 5.02. The van der Waals surface area contributed by atoms with Crippen molar-refractivity contribution in [3.8, 4) is 0 Å². The molecule has 2 atom stereocenters. The van der Waals surface area contributed by atoms with E-state index in [9.17, 15) is 4.79 Å². The minimum atomic E-state index is 0.0634. The zero-order valence-corrected chi connectivity index (χ0v) is 13.6. The van der Waals surface area contributed by atoms with Crippen LogP contribution in [-0.2, 0) is 0 Å². The van der Waals surface area contributed by atoms with E-state index in [1.54, 1.807) is 6.07 Å². The molecule has 1 aliphatic rings. The average Bonchev–Trinajstić information content (AvgIpc) is 2.69. The summed E-state index contributed by atoms with van der Waals surface area (Å²) >= 11 is 13.2. The van der Waals surface area contributed by atoms with Crippen LogP contribution >= 0.6 is 34.5 Å². The summed E-state index contributed by atoms with van der Waals surface area (Å²) in [5.41, 5.74) is 0.562. The maximum absolute atomic E-state index is 12.3. The molecule has 0 aliphatic heterocycles. The van der Waals surface area contributed by atoms with Gasteiger partial charge in [0, 0.05) is 6.04 Å². The van der Waals surface area contributed by atoms with Crippen molar-refractivity contribution in [2.75, 3.05) is 13.6 Å². The molecule has 0 spiro atoms. The minimum Gasteiger partial charge on any atom is -0.296 e. The monoisotopic (exact) mass is 319 g/mol. The molecule has 0 aromatic carbocycles. The van der Waals surface area contributed by atoms with Crippen molar-refractivity contribution in [2.45, 2.75) is 38.6 Å². The molecule has 2 rings (SSSR count). The second kappa shape index (κ2) is 6.57. The van der Waals surface area contributed by atoms with E-state index in [1.165, 1.54) is 37.0 Å². The maximum atomic E-state index is 12.3. The van der Waals surface area contributed by atoms with Gasteiger partial charge >= 0.3 is 0 Å². The molecule has 2 nitrogen and oxygen atoms in total. The van der Waals surface area contributed by atoms with Crippen molar-refractivity contribution in [2.24, 2.45) is 5.92 Å². The Hall–Kier alpha value is -0.0900. The summed E-state index contributed by atoms with van der Waals surface area (Å²) in [6, 6.07) is 2.18. The van der Waals surface area contributed by atoms with Gasteiger partial charge in [-0.25, -0.2) is 0 Å². The zero-order valence-electron chi connectivity index (χ0n) is 11.3. The second-order valence-electron chi connectivity index (χ2n) is 5.41. The van der Waals surface area contributed by atoms with Crippen LogP contribution in [0.1, 0.15) is 43.0 Å². The Kier molecular flexibility index (Phi) is 5.29. The summed E-state index contributed by atoms with van der Waals surface area (Å²) in [7, 11) is 2.03. The third-order valence-corrected chi connectivity index (χ3v) is 5.47. The SMILES string of the molecule is CC1CCCCC1N(C)CC(=O)c1cc(Cl)sc1Cl. The highest BCUT2D eigenvalue weighted by Gasteiger charge is 2.27. The van der Waals surface area contributed by atoms with E-state index in [-0.39, 0.29) is 5.78 Å². The largest absolute Gasteiger partial charge is 0.296 e. The first-order chi connectivity index (χ1) is 8.99. The molecule has 1 aromatic heterocycles. The second-order valence-corrected chi connectivity index (χ2v) is 7.69. The van der Waals surface area contributed by atoms with Gasteiger partial charge < -0.3 is 0 Å². The van der Waals surface area contributed by atoms with Gasteiger partial charge in [0.1, 0.15) is 4.34 Å². The summed E-state index contributed by atoms with van der Waals surface area (Å²) in [5, 5.41) is 0. The normalized spacial score (nSPS) is 23.8.